The van der Waals surface area contributed by atoms with Gasteiger partial charge in [-0.1, -0.05) is 11.2 Å². The van der Waals surface area contributed by atoms with E-state index < -0.39 is 35.2 Å². The number of aromatic nitrogens is 8. The highest BCUT2D eigenvalue weighted by atomic mass is 19.4. The Kier molecular flexibility index (Phi) is 6.53. The molecule has 0 aliphatic rings. The summed E-state index contributed by atoms with van der Waals surface area (Å²) in [6.45, 7) is 3.06. The Bertz CT molecular complexity index is 1850. The van der Waals surface area contributed by atoms with E-state index in [0.29, 0.717) is 11.5 Å². The molecule has 1 atom stereocenters. The first kappa shape index (κ1) is 26.5. The summed E-state index contributed by atoms with van der Waals surface area (Å²) in [5, 5.41) is 6.46. The van der Waals surface area contributed by atoms with Crippen molar-refractivity contribution >= 4 is 22.9 Å². The third-order valence-electron chi connectivity index (χ3n) is 6.05. The lowest BCUT2D eigenvalue weighted by atomic mass is 10.2. The van der Waals surface area contributed by atoms with Crippen LogP contribution in [0.1, 0.15) is 30.2 Å². The number of alkyl halides is 3. The second kappa shape index (κ2) is 9.87. The number of hydrogen-bond acceptors (Lipinski definition) is 9. The molecule has 5 aromatic rings. The van der Waals surface area contributed by atoms with Crippen LogP contribution in [0.2, 0.25) is 0 Å². The number of nitrogens with one attached hydrogen (secondary N) is 1. The third kappa shape index (κ3) is 4.85. The molecule has 0 bridgehead atoms. The number of rotatable bonds is 6. The summed E-state index contributed by atoms with van der Waals surface area (Å²) >= 11 is 0. The summed E-state index contributed by atoms with van der Waals surface area (Å²) in [4.78, 5) is 54.5. The van der Waals surface area contributed by atoms with Crippen LogP contribution in [0.4, 0.5) is 19.0 Å². The molecule has 13 nitrogen and oxygen atoms in total. The second-order valence-corrected chi connectivity index (χ2v) is 8.85. The number of imidazole rings is 1. The van der Waals surface area contributed by atoms with Crippen molar-refractivity contribution in [2.45, 2.75) is 32.6 Å². The number of halogens is 3. The van der Waals surface area contributed by atoms with Gasteiger partial charge < -0.3 is 14.4 Å². The molecule has 5 aromatic heterocycles. The molecule has 0 spiro atoms. The number of anilines is 1. The van der Waals surface area contributed by atoms with Crippen LogP contribution in [0.15, 0.2) is 57.1 Å². The van der Waals surface area contributed by atoms with Crippen molar-refractivity contribution in [2.75, 3.05) is 5.32 Å². The maximum Gasteiger partial charge on any atom is 0.451 e. The lowest BCUT2D eigenvalue weighted by Gasteiger charge is -2.15. The van der Waals surface area contributed by atoms with Gasteiger partial charge in [-0.2, -0.15) is 13.2 Å². The third-order valence-corrected chi connectivity index (χ3v) is 6.05. The van der Waals surface area contributed by atoms with E-state index in [0.717, 1.165) is 17.0 Å². The van der Waals surface area contributed by atoms with Crippen molar-refractivity contribution in [3.05, 3.63) is 81.1 Å². The van der Waals surface area contributed by atoms with Crippen LogP contribution in [0.5, 0.6) is 0 Å². The number of aryl methyl sites for hydroxylation is 2. The average Bonchev–Trinajstić information content (AvgIpc) is 3.55. The number of nitrogens with zero attached hydrogens (tertiary/aromatic N) is 8. The monoisotopic (exact) mass is 555 g/mol. The molecule has 0 saturated carbocycles. The maximum atomic E-state index is 13.4. The Morgan fingerprint density at radius 3 is 2.52 bits per heavy atom. The van der Waals surface area contributed by atoms with Gasteiger partial charge in [0, 0.05) is 31.1 Å². The molecule has 5 rings (SSSR count). The zero-order chi connectivity index (χ0) is 28.8. The van der Waals surface area contributed by atoms with Gasteiger partial charge in [0.1, 0.15) is 23.3 Å². The first-order valence-electron chi connectivity index (χ1n) is 11.7. The molecule has 0 saturated heterocycles. The van der Waals surface area contributed by atoms with E-state index in [9.17, 15) is 27.6 Å². The topological polar surface area (TPSA) is 156 Å². The van der Waals surface area contributed by atoms with E-state index in [1.165, 1.54) is 41.6 Å². The first-order chi connectivity index (χ1) is 18.9. The molecular weight excluding hydrogens is 535 g/mol. The molecule has 206 valence electrons. The number of amides is 1. The van der Waals surface area contributed by atoms with Crippen molar-refractivity contribution in [3.8, 4) is 11.3 Å². The predicted molar refractivity (Wildman–Crippen MR) is 133 cm³/mol. The fourth-order valence-corrected chi connectivity index (χ4v) is 4.01. The summed E-state index contributed by atoms with van der Waals surface area (Å²) in [5.41, 5.74) is -0.364. The minimum atomic E-state index is -4.68. The smallest absolute Gasteiger partial charge is 0.361 e. The SMILES string of the molecule is Cc1cc(Cn2c(=O)c3c(ncn3[C@@H](C)C(=O)Nc3cccc(-c4cnc(C(F)(F)F)nc4)n3)n(C)c2=O)no1. The van der Waals surface area contributed by atoms with Crippen LogP contribution in [0.3, 0.4) is 0 Å². The zero-order valence-electron chi connectivity index (χ0n) is 21.2. The van der Waals surface area contributed by atoms with Gasteiger partial charge >= 0.3 is 11.9 Å². The number of fused-ring (bicyclic) bond motifs is 1. The van der Waals surface area contributed by atoms with Crippen molar-refractivity contribution in [2.24, 2.45) is 7.05 Å². The Hall–Kier alpha value is -5.15. The normalized spacial score (nSPS) is 12.6. The standard InChI is InChI=1S/C24H20F3N9O4/c1-12-7-15(33-40-12)10-35-21(38)18-19(34(3)23(35)39)30-11-36(18)13(2)20(37)32-17-6-4-5-16(31-17)14-8-28-22(29-9-14)24(25,26)27/h4-9,11,13H,10H2,1-3H3,(H,31,32,37)/t13-/m0/s1. The molecule has 5 heterocycles. The van der Waals surface area contributed by atoms with Crippen LogP contribution in [-0.4, -0.2) is 44.7 Å². The van der Waals surface area contributed by atoms with E-state index in [2.05, 4.69) is 30.4 Å². The molecule has 0 aliphatic carbocycles. The lowest BCUT2D eigenvalue weighted by Crippen LogP contribution is -2.40. The van der Waals surface area contributed by atoms with E-state index in [1.54, 1.807) is 19.1 Å². The summed E-state index contributed by atoms with van der Waals surface area (Å²) in [6.07, 6.45) is -1.43. The Morgan fingerprint density at radius 2 is 1.88 bits per heavy atom. The zero-order valence-corrected chi connectivity index (χ0v) is 21.2. The van der Waals surface area contributed by atoms with Crippen molar-refractivity contribution in [1.29, 1.82) is 0 Å². The number of carbonyl (C=O) groups excluding carboxylic acids is 1. The van der Waals surface area contributed by atoms with Gasteiger partial charge in [0.15, 0.2) is 11.2 Å². The predicted octanol–water partition coefficient (Wildman–Crippen LogP) is 2.31. The van der Waals surface area contributed by atoms with Crippen LogP contribution in [-0.2, 0) is 24.6 Å². The molecule has 0 aliphatic heterocycles. The molecule has 16 heteroatoms. The Morgan fingerprint density at radius 1 is 1.15 bits per heavy atom. The van der Waals surface area contributed by atoms with Gasteiger partial charge in [0.25, 0.3) is 5.56 Å². The summed E-state index contributed by atoms with van der Waals surface area (Å²) in [6, 6.07) is 5.18. The lowest BCUT2D eigenvalue weighted by molar-refractivity contribution is -0.145. The highest BCUT2D eigenvalue weighted by molar-refractivity contribution is 5.93. The molecular formula is C24H20F3N9O4. The molecule has 40 heavy (non-hydrogen) atoms. The summed E-state index contributed by atoms with van der Waals surface area (Å²) in [5.74, 6) is -1.24. The molecule has 0 fully saturated rings. The average molecular weight is 555 g/mol. The van der Waals surface area contributed by atoms with Gasteiger partial charge in [0.2, 0.25) is 11.7 Å². The number of pyridine rings is 1. The molecule has 1 N–H and O–H groups in total. The van der Waals surface area contributed by atoms with Gasteiger partial charge in [-0.25, -0.2) is 24.7 Å². The van der Waals surface area contributed by atoms with Crippen LogP contribution in [0, 0.1) is 6.92 Å². The van der Waals surface area contributed by atoms with Crippen LogP contribution < -0.4 is 16.6 Å². The van der Waals surface area contributed by atoms with Crippen molar-refractivity contribution in [1.82, 2.24) is 38.8 Å². The molecule has 1 amide bonds. The highest BCUT2D eigenvalue weighted by Crippen LogP contribution is 2.27. The summed E-state index contributed by atoms with van der Waals surface area (Å²) in [7, 11) is 1.46. The number of carbonyl (C=O) groups is 1. The van der Waals surface area contributed by atoms with E-state index in [1.807, 2.05) is 0 Å². The molecule has 0 aromatic carbocycles. The summed E-state index contributed by atoms with van der Waals surface area (Å²) < 4.78 is 46.8. The van der Waals surface area contributed by atoms with Crippen molar-refractivity contribution in [3.63, 3.8) is 0 Å². The first-order valence-corrected chi connectivity index (χ1v) is 11.7. The fraction of sp³-hybridized carbons (Fsp3) is 0.250. The molecule has 0 radical (unpaired) electrons. The maximum absolute atomic E-state index is 13.4. The molecule has 0 unspecified atom stereocenters. The fourth-order valence-electron chi connectivity index (χ4n) is 4.01. The Balaban J connectivity index is 1.43. The number of hydrogen-bond donors (Lipinski definition) is 1. The van der Waals surface area contributed by atoms with Crippen LogP contribution >= 0.6 is 0 Å². The largest absolute Gasteiger partial charge is 0.451 e. The minimum absolute atomic E-state index is 0.0218. The quantitative estimate of drug-likeness (QED) is 0.332. The van der Waals surface area contributed by atoms with Crippen LogP contribution in [0.25, 0.3) is 22.4 Å². The Labute approximate surface area is 221 Å². The minimum Gasteiger partial charge on any atom is -0.361 e. The van der Waals surface area contributed by atoms with E-state index in [4.69, 9.17) is 4.52 Å². The van der Waals surface area contributed by atoms with Gasteiger partial charge in [-0.3, -0.25) is 18.7 Å². The van der Waals surface area contributed by atoms with Gasteiger partial charge in [-0.05, 0) is 26.0 Å². The second-order valence-electron chi connectivity index (χ2n) is 8.85. The van der Waals surface area contributed by atoms with Gasteiger partial charge in [0.05, 0.1) is 18.6 Å². The van der Waals surface area contributed by atoms with E-state index >= 15 is 0 Å². The highest BCUT2D eigenvalue weighted by Gasteiger charge is 2.34. The van der Waals surface area contributed by atoms with Crippen molar-refractivity contribution < 1.29 is 22.5 Å². The van der Waals surface area contributed by atoms with Gasteiger partial charge in [-0.15, -0.1) is 0 Å². The van der Waals surface area contributed by atoms with E-state index in [-0.39, 0.29) is 34.8 Å².